The summed E-state index contributed by atoms with van der Waals surface area (Å²) in [5, 5.41) is 17.5. The molecule has 0 spiro atoms. The van der Waals surface area contributed by atoms with Crippen molar-refractivity contribution >= 4 is 35.7 Å². The quantitative estimate of drug-likeness (QED) is 0.0527. The van der Waals surface area contributed by atoms with E-state index in [0.29, 0.717) is 11.1 Å². The number of phenolic OH excluding ortho intramolecular Hbond substituents is 1. The number of phenols is 1. The monoisotopic (exact) mass is 631 g/mol. The molecule has 46 heavy (non-hydrogen) atoms. The molecular formula is C33H38FN7O5. The fourth-order valence-corrected chi connectivity index (χ4v) is 4.43. The molecule has 0 bridgehead atoms. The van der Waals surface area contributed by atoms with E-state index in [0.717, 1.165) is 5.56 Å². The highest BCUT2D eigenvalue weighted by molar-refractivity contribution is 5.97. The van der Waals surface area contributed by atoms with E-state index < -0.39 is 47.6 Å². The molecule has 0 aromatic heterocycles. The molecule has 0 radical (unpaired) electrons. The Hall–Kier alpha value is -5.72. The summed E-state index contributed by atoms with van der Waals surface area (Å²) in [5.41, 5.74) is 18.3. The molecular weight excluding hydrogens is 593 g/mol. The third-order valence-electron chi connectivity index (χ3n) is 6.83. The van der Waals surface area contributed by atoms with Gasteiger partial charge in [0.15, 0.2) is 5.96 Å². The van der Waals surface area contributed by atoms with Crippen molar-refractivity contribution in [3.05, 3.63) is 107 Å². The molecule has 13 heteroatoms. The zero-order valence-corrected chi connectivity index (χ0v) is 25.1. The summed E-state index contributed by atoms with van der Waals surface area (Å²) in [5.74, 6) is -3.34. The van der Waals surface area contributed by atoms with E-state index >= 15 is 0 Å². The van der Waals surface area contributed by atoms with Crippen LogP contribution >= 0.6 is 0 Å². The number of benzene rings is 3. The fraction of sp³-hybridized carbons (Fsp3) is 0.242. The van der Waals surface area contributed by atoms with Gasteiger partial charge in [-0.1, -0.05) is 54.6 Å². The molecule has 0 saturated heterocycles. The second-order valence-electron chi connectivity index (χ2n) is 10.5. The van der Waals surface area contributed by atoms with Crippen LogP contribution in [-0.2, 0) is 32.0 Å². The lowest BCUT2D eigenvalue weighted by atomic mass is 10.0. The summed E-state index contributed by atoms with van der Waals surface area (Å²) in [6, 6.07) is 17.1. The molecule has 12 nitrogen and oxygen atoms in total. The Balaban J connectivity index is 1.80. The van der Waals surface area contributed by atoms with Gasteiger partial charge in [0, 0.05) is 25.5 Å². The molecule has 10 N–H and O–H groups in total. The van der Waals surface area contributed by atoms with E-state index in [4.69, 9.17) is 17.2 Å². The number of hydrogen-bond acceptors (Lipinski definition) is 6. The van der Waals surface area contributed by atoms with Gasteiger partial charge in [-0.25, -0.2) is 4.39 Å². The van der Waals surface area contributed by atoms with Crippen molar-refractivity contribution in [3.8, 4) is 5.75 Å². The third kappa shape index (κ3) is 12.1. The number of aliphatic imine (C=N–C) groups is 1. The molecule has 4 amide bonds. The second-order valence-corrected chi connectivity index (χ2v) is 10.5. The molecule has 3 aromatic rings. The molecule has 0 fully saturated rings. The number of halogens is 1. The minimum absolute atomic E-state index is 0.00979. The van der Waals surface area contributed by atoms with E-state index in [9.17, 15) is 28.7 Å². The molecule has 3 atom stereocenters. The first kappa shape index (κ1) is 34.8. The number of nitrogens with zero attached hydrogens (tertiary/aromatic N) is 1. The second kappa shape index (κ2) is 17.5. The first-order chi connectivity index (χ1) is 22.0. The fourth-order valence-electron chi connectivity index (χ4n) is 4.43. The van der Waals surface area contributed by atoms with Crippen LogP contribution in [0.3, 0.4) is 0 Å². The first-order valence-corrected chi connectivity index (χ1v) is 14.5. The highest BCUT2D eigenvalue weighted by Crippen LogP contribution is 2.12. The molecule has 242 valence electrons. The molecule has 0 aliphatic rings. The predicted octanol–water partition coefficient (Wildman–Crippen LogP) is 1.02. The number of nitrogens with one attached hydrogen (secondary N) is 3. The normalized spacial score (nSPS) is 12.8. The van der Waals surface area contributed by atoms with Crippen molar-refractivity contribution in [1.82, 2.24) is 16.0 Å². The summed E-state index contributed by atoms with van der Waals surface area (Å²) in [7, 11) is 0. The number of nitrogens with two attached hydrogens (primary N) is 3. The zero-order valence-electron chi connectivity index (χ0n) is 25.1. The predicted molar refractivity (Wildman–Crippen MR) is 172 cm³/mol. The van der Waals surface area contributed by atoms with Crippen LogP contribution in [0.1, 0.15) is 29.5 Å². The molecule has 0 aliphatic heterocycles. The third-order valence-corrected chi connectivity index (χ3v) is 6.83. The van der Waals surface area contributed by atoms with Crippen LogP contribution in [-0.4, -0.2) is 59.4 Å². The van der Waals surface area contributed by atoms with Gasteiger partial charge in [-0.05, 0) is 59.9 Å². The van der Waals surface area contributed by atoms with Crippen LogP contribution in [0.15, 0.2) is 89.9 Å². The van der Waals surface area contributed by atoms with Gasteiger partial charge in [0.05, 0.1) is 0 Å². The number of carbonyl (C=O) groups excluding carboxylic acids is 4. The molecule has 0 heterocycles. The lowest BCUT2D eigenvalue weighted by Crippen LogP contribution is -2.57. The number of aromatic hydroxyl groups is 1. The van der Waals surface area contributed by atoms with E-state index in [-0.39, 0.29) is 43.9 Å². The average molecular weight is 632 g/mol. The van der Waals surface area contributed by atoms with E-state index in [1.807, 2.05) is 18.2 Å². The number of guanidine groups is 1. The first-order valence-electron chi connectivity index (χ1n) is 14.5. The Labute approximate surface area is 266 Å². The minimum atomic E-state index is -1.17. The van der Waals surface area contributed by atoms with Crippen molar-refractivity contribution < 1.29 is 28.7 Å². The van der Waals surface area contributed by atoms with E-state index in [1.165, 1.54) is 42.5 Å². The zero-order chi connectivity index (χ0) is 33.5. The van der Waals surface area contributed by atoms with Crippen LogP contribution in [0, 0.1) is 5.82 Å². The Kier molecular flexibility index (Phi) is 13.3. The van der Waals surface area contributed by atoms with E-state index in [2.05, 4.69) is 20.9 Å². The average Bonchev–Trinajstić information content (AvgIpc) is 3.03. The maximum atomic E-state index is 13.6. The highest BCUT2D eigenvalue weighted by Gasteiger charge is 2.29. The van der Waals surface area contributed by atoms with Gasteiger partial charge < -0.3 is 38.3 Å². The molecule has 0 unspecified atom stereocenters. The summed E-state index contributed by atoms with van der Waals surface area (Å²) < 4.78 is 13.6. The number of primary amides is 1. The number of carbonyl (C=O) groups is 4. The molecule has 3 aromatic carbocycles. The van der Waals surface area contributed by atoms with Crippen LogP contribution in [0.4, 0.5) is 4.39 Å². The topological polar surface area (TPSA) is 215 Å². The van der Waals surface area contributed by atoms with Crippen molar-refractivity contribution in [1.29, 1.82) is 0 Å². The Morgan fingerprint density at radius 3 is 1.93 bits per heavy atom. The SMILES string of the molecule is NC(=O)[C@H](Cc1ccc(O)cc1)NC(=O)[C@H](CCCN=C(N)N)NC(=O)[C@H](Cc1ccc(F)cc1)NC(=O)/C=C/c1ccccc1. The number of rotatable bonds is 16. The molecule has 3 rings (SSSR count). The highest BCUT2D eigenvalue weighted by atomic mass is 19.1. The van der Waals surface area contributed by atoms with Crippen molar-refractivity contribution in [2.75, 3.05) is 6.54 Å². The lowest BCUT2D eigenvalue weighted by Gasteiger charge is -2.25. The standard InChI is InChI=1S/C33H38FN7O5/c34-24-13-8-22(9-14-24)20-28(39-29(43)17-12-21-5-2-1-3-6-21)32(46)40-26(7-4-18-38-33(36)37)31(45)41-27(30(35)44)19-23-10-15-25(42)16-11-23/h1-3,5-6,8-17,26-28,42H,4,7,18-20H2,(H2,35,44)(H,39,43)(H,40,46)(H,41,45)(H4,36,37,38)/b17-12+/t26-,27-,28-/m0/s1. The summed E-state index contributed by atoms with van der Waals surface area (Å²) >= 11 is 0. The maximum absolute atomic E-state index is 13.6. The van der Waals surface area contributed by atoms with Gasteiger partial charge in [0.1, 0.15) is 29.7 Å². The summed E-state index contributed by atoms with van der Waals surface area (Å²) in [4.78, 5) is 56.1. The largest absolute Gasteiger partial charge is 0.508 e. The van der Waals surface area contributed by atoms with Gasteiger partial charge in [-0.2, -0.15) is 0 Å². The Bertz CT molecular complexity index is 1530. The van der Waals surface area contributed by atoms with Gasteiger partial charge in [-0.3, -0.25) is 24.2 Å². The van der Waals surface area contributed by atoms with Gasteiger partial charge >= 0.3 is 0 Å². The smallest absolute Gasteiger partial charge is 0.244 e. The molecule has 0 saturated carbocycles. The van der Waals surface area contributed by atoms with Gasteiger partial charge in [-0.15, -0.1) is 0 Å². The number of amides is 4. The van der Waals surface area contributed by atoms with Crippen molar-refractivity contribution in [2.45, 2.75) is 43.8 Å². The molecule has 0 aliphatic carbocycles. The Morgan fingerprint density at radius 2 is 1.33 bits per heavy atom. The van der Waals surface area contributed by atoms with Crippen molar-refractivity contribution in [2.24, 2.45) is 22.2 Å². The van der Waals surface area contributed by atoms with Gasteiger partial charge in [0.25, 0.3) is 0 Å². The Morgan fingerprint density at radius 1 is 0.761 bits per heavy atom. The van der Waals surface area contributed by atoms with Gasteiger partial charge in [0.2, 0.25) is 23.6 Å². The minimum Gasteiger partial charge on any atom is -0.508 e. The van der Waals surface area contributed by atoms with Crippen molar-refractivity contribution in [3.63, 3.8) is 0 Å². The van der Waals surface area contributed by atoms with Crippen LogP contribution in [0.2, 0.25) is 0 Å². The summed E-state index contributed by atoms with van der Waals surface area (Å²) in [6.07, 6.45) is 3.24. The van der Waals surface area contributed by atoms with Crippen LogP contribution in [0.25, 0.3) is 6.08 Å². The van der Waals surface area contributed by atoms with Crippen LogP contribution < -0.4 is 33.2 Å². The summed E-state index contributed by atoms with van der Waals surface area (Å²) in [6.45, 7) is 0.161. The van der Waals surface area contributed by atoms with E-state index in [1.54, 1.807) is 30.3 Å². The van der Waals surface area contributed by atoms with Crippen LogP contribution in [0.5, 0.6) is 5.75 Å². The lowest BCUT2D eigenvalue weighted by molar-refractivity contribution is -0.133. The number of hydrogen-bond donors (Lipinski definition) is 7. The maximum Gasteiger partial charge on any atom is 0.244 e.